The molecule has 2 rings (SSSR count). The lowest BCUT2D eigenvalue weighted by Gasteiger charge is -2.09. The van der Waals surface area contributed by atoms with E-state index in [-0.39, 0.29) is 29.5 Å². The molecule has 0 fully saturated rings. The first-order chi connectivity index (χ1) is 11.4. The molecule has 4 nitrogen and oxygen atoms in total. The molecule has 0 aliphatic heterocycles. The van der Waals surface area contributed by atoms with Gasteiger partial charge in [-0.05, 0) is 42.8 Å². The van der Waals surface area contributed by atoms with Crippen molar-refractivity contribution in [3.63, 3.8) is 0 Å². The highest BCUT2D eigenvalue weighted by Gasteiger charge is 2.11. The second kappa shape index (κ2) is 8.26. The van der Waals surface area contributed by atoms with Crippen molar-refractivity contribution in [1.82, 2.24) is 5.32 Å². The summed E-state index contributed by atoms with van der Waals surface area (Å²) in [5.74, 6) is -1.19. The van der Waals surface area contributed by atoms with E-state index in [0.717, 1.165) is 22.2 Å². The van der Waals surface area contributed by atoms with Crippen molar-refractivity contribution in [3.05, 3.63) is 62.8 Å². The van der Waals surface area contributed by atoms with E-state index in [0.29, 0.717) is 5.69 Å². The maximum Gasteiger partial charge on any atom is 0.252 e. The fraction of sp³-hybridized carbons (Fsp3) is 0.176. The number of benzene rings is 2. The number of anilines is 1. The largest absolute Gasteiger partial charge is 0.351 e. The van der Waals surface area contributed by atoms with E-state index < -0.39 is 11.7 Å². The van der Waals surface area contributed by atoms with Crippen LogP contribution in [0.2, 0.25) is 5.02 Å². The molecule has 0 bridgehead atoms. The molecule has 0 aliphatic carbocycles. The van der Waals surface area contributed by atoms with Gasteiger partial charge in [0.05, 0.1) is 10.6 Å². The molecule has 0 aliphatic rings. The molecule has 0 unspecified atom stereocenters. The molecule has 0 saturated carbocycles. The quantitative estimate of drug-likeness (QED) is 0.767. The Morgan fingerprint density at radius 1 is 1.21 bits per heavy atom. The summed E-state index contributed by atoms with van der Waals surface area (Å²) in [5, 5.41) is 5.36. The summed E-state index contributed by atoms with van der Waals surface area (Å²) in [4.78, 5) is 23.8. The minimum absolute atomic E-state index is 0.0291. The minimum Gasteiger partial charge on any atom is -0.351 e. The zero-order valence-electron chi connectivity index (χ0n) is 12.8. The van der Waals surface area contributed by atoms with Gasteiger partial charge in [-0.2, -0.15) is 0 Å². The maximum absolute atomic E-state index is 13.0. The Bertz CT molecular complexity index is 783. The Morgan fingerprint density at radius 3 is 2.62 bits per heavy atom. The Hall–Kier alpha value is -1.92. The number of rotatable bonds is 5. The van der Waals surface area contributed by atoms with E-state index in [1.807, 2.05) is 19.1 Å². The highest BCUT2D eigenvalue weighted by atomic mass is 79.9. The fourth-order valence-electron chi connectivity index (χ4n) is 1.95. The van der Waals surface area contributed by atoms with Gasteiger partial charge in [-0.25, -0.2) is 4.39 Å². The molecule has 0 saturated heterocycles. The number of aryl methyl sites for hydroxylation is 1. The lowest BCUT2D eigenvalue weighted by atomic mass is 10.2. The highest BCUT2D eigenvalue weighted by Crippen LogP contribution is 2.20. The van der Waals surface area contributed by atoms with Crippen LogP contribution in [0.5, 0.6) is 0 Å². The number of halogens is 3. The summed E-state index contributed by atoms with van der Waals surface area (Å²) in [6, 6.07) is 9.02. The molecule has 7 heteroatoms. The van der Waals surface area contributed by atoms with Crippen molar-refractivity contribution in [3.8, 4) is 0 Å². The van der Waals surface area contributed by atoms with Gasteiger partial charge < -0.3 is 10.6 Å². The highest BCUT2D eigenvalue weighted by molar-refractivity contribution is 9.10. The molecule has 24 heavy (non-hydrogen) atoms. The molecule has 0 spiro atoms. The Labute approximate surface area is 152 Å². The van der Waals surface area contributed by atoms with E-state index >= 15 is 0 Å². The third-order valence-electron chi connectivity index (χ3n) is 3.27. The van der Waals surface area contributed by atoms with Gasteiger partial charge in [0.15, 0.2) is 0 Å². The maximum atomic E-state index is 13.0. The Kier molecular flexibility index (Phi) is 6.34. The summed E-state index contributed by atoms with van der Waals surface area (Å²) in [7, 11) is 0. The number of carbonyl (C=O) groups excluding carboxylic acids is 2. The van der Waals surface area contributed by atoms with Crippen LogP contribution >= 0.6 is 27.5 Å². The van der Waals surface area contributed by atoms with Gasteiger partial charge in [0.2, 0.25) is 5.91 Å². The van der Waals surface area contributed by atoms with Gasteiger partial charge in [0, 0.05) is 23.1 Å². The van der Waals surface area contributed by atoms with Gasteiger partial charge in [-0.15, -0.1) is 0 Å². The molecule has 0 aromatic heterocycles. The molecule has 2 aromatic rings. The van der Waals surface area contributed by atoms with E-state index in [1.165, 1.54) is 6.07 Å². The summed E-state index contributed by atoms with van der Waals surface area (Å²) in [5.41, 5.74) is 1.91. The molecule has 2 amide bonds. The van der Waals surface area contributed by atoms with Gasteiger partial charge in [0.25, 0.3) is 5.91 Å². The third kappa shape index (κ3) is 5.04. The molecule has 0 heterocycles. The number of carbonyl (C=O) groups is 2. The van der Waals surface area contributed by atoms with Crippen LogP contribution in [0.3, 0.4) is 0 Å². The predicted octanol–water partition coefficient (Wildman–Crippen LogP) is 4.31. The molecule has 2 aromatic carbocycles. The lowest BCUT2D eigenvalue weighted by molar-refractivity contribution is -0.116. The van der Waals surface area contributed by atoms with Gasteiger partial charge in [0.1, 0.15) is 5.82 Å². The topological polar surface area (TPSA) is 58.2 Å². The Balaban J connectivity index is 1.83. The molecular weight excluding hydrogens is 399 g/mol. The van der Waals surface area contributed by atoms with Crippen LogP contribution in [0.15, 0.2) is 40.9 Å². The second-order valence-electron chi connectivity index (χ2n) is 5.14. The van der Waals surface area contributed by atoms with Crippen LogP contribution < -0.4 is 10.6 Å². The van der Waals surface area contributed by atoms with Crippen LogP contribution in [0.4, 0.5) is 10.1 Å². The minimum atomic E-state index is -0.514. The van der Waals surface area contributed by atoms with Crippen molar-refractivity contribution in [2.24, 2.45) is 0 Å². The smallest absolute Gasteiger partial charge is 0.252 e. The van der Waals surface area contributed by atoms with Gasteiger partial charge in [-0.1, -0.05) is 33.6 Å². The molecule has 2 N–H and O–H groups in total. The van der Waals surface area contributed by atoms with E-state index in [1.54, 1.807) is 6.07 Å². The zero-order chi connectivity index (χ0) is 17.7. The van der Waals surface area contributed by atoms with Crippen LogP contribution in [0.25, 0.3) is 0 Å². The number of amides is 2. The number of hydrogen-bond acceptors (Lipinski definition) is 2. The summed E-state index contributed by atoms with van der Waals surface area (Å²) in [6.45, 7) is 2.09. The molecule has 126 valence electrons. The average molecular weight is 414 g/mol. The first kappa shape index (κ1) is 18.4. The standard InChI is InChI=1S/C17H15BrClFN2O2/c1-10-2-4-12(9-14(10)18)22-16(23)6-7-21-17(24)13-5-3-11(20)8-15(13)19/h2-5,8-9H,6-7H2,1H3,(H,21,24)(H,22,23). The summed E-state index contributed by atoms with van der Waals surface area (Å²) < 4.78 is 13.9. The van der Waals surface area contributed by atoms with Crippen LogP contribution in [0.1, 0.15) is 22.3 Å². The van der Waals surface area contributed by atoms with Crippen LogP contribution in [-0.4, -0.2) is 18.4 Å². The lowest BCUT2D eigenvalue weighted by Crippen LogP contribution is -2.27. The van der Waals surface area contributed by atoms with Gasteiger partial charge >= 0.3 is 0 Å². The first-order valence-corrected chi connectivity index (χ1v) is 8.33. The summed E-state index contributed by atoms with van der Waals surface area (Å²) in [6.07, 6.45) is 0.107. The molecule has 0 atom stereocenters. The average Bonchev–Trinajstić information content (AvgIpc) is 2.50. The van der Waals surface area contributed by atoms with E-state index in [4.69, 9.17) is 11.6 Å². The van der Waals surface area contributed by atoms with Gasteiger partial charge in [-0.3, -0.25) is 9.59 Å². The van der Waals surface area contributed by atoms with Crippen molar-refractivity contribution >= 4 is 45.0 Å². The fourth-order valence-corrected chi connectivity index (χ4v) is 2.58. The van der Waals surface area contributed by atoms with Crippen molar-refractivity contribution in [1.29, 1.82) is 0 Å². The SMILES string of the molecule is Cc1ccc(NC(=O)CCNC(=O)c2ccc(F)cc2Cl)cc1Br. The van der Waals surface area contributed by atoms with E-state index in [2.05, 4.69) is 26.6 Å². The van der Waals surface area contributed by atoms with Crippen molar-refractivity contribution < 1.29 is 14.0 Å². The zero-order valence-corrected chi connectivity index (χ0v) is 15.2. The monoisotopic (exact) mass is 412 g/mol. The predicted molar refractivity (Wildman–Crippen MR) is 95.9 cm³/mol. The second-order valence-corrected chi connectivity index (χ2v) is 6.40. The van der Waals surface area contributed by atoms with Crippen LogP contribution in [-0.2, 0) is 4.79 Å². The molecular formula is C17H15BrClFN2O2. The van der Waals surface area contributed by atoms with E-state index in [9.17, 15) is 14.0 Å². The van der Waals surface area contributed by atoms with Crippen molar-refractivity contribution in [2.45, 2.75) is 13.3 Å². The Morgan fingerprint density at radius 2 is 1.96 bits per heavy atom. The molecule has 0 radical (unpaired) electrons. The van der Waals surface area contributed by atoms with Crippen molar-refractivity contribution in [2.75, 3.05) is 11.9 Å². The normalized spacial score (nSPS) is 10.3. The number of hydrogen-bond donors (Lipinski definition) is 2. The summed E-state index contributed by atoms with van der Waals surface area (Å²) >= 11 is 9.21. The van der Waals surface area contributed by atoms with Crippen LogP contribution in [0, 0.1) is 12.7 Å². The first-order valence-electron chi connectivity index (χ1n) is 7.16. The third-order valence-corrected chi connectivity index (χ3v) is 4.44. The number of nitrogens with one attached hydrogen (secondary N) is 2.